The molecule has 2 aromatic heterocycles. The Bertz CT molecular complexity index is 1690. The molecule has 0 spiro atoms. The third-order valence-electron chi connectivity index (χ3n) is 7.18. The molecule has 3 N–H and O–H groups in total. The highest BCUT2D eigenvalue weighted by atomic mass is 35.5. The van der Waals surface area contributed by atoms with Crippen LogP contribution in [0.1, 0.15) is 107 Å². The van der Waals surface area contributed by atoms with E-state index in [0.717, 1.165) is 27.6 Å². The summed E-state index contributed by atoms with van der Waals surface area (Å²) in [6, 6.07) is 6.77. The Morgan fingerprint density at radius 2 is 1.56 bits per heavy atom. The number of aromatic nitrogens is 2. The highest BCUT2D eigenvalue weighted by molar-refractivity contribution is 7.11. The lowest BCUT2D eigenvalue weighted by Gasteiger charge is -2.30. The normalized spacial score (nSPS) is 15.6. The smallest absolute Gasteiger partial charge is 0.284 e. The van der Waals surface area contributed by atoms with Crippen LogP contribution in [-0.4, -0.2) is 41.0 Å². The number of amides is 1. The highest BCUT2D eigenvalue weighted by Crippen LogP contribution is 2.46. The van der Waals surface area contributed by atoms with Gasteiger partial charge in [0.2, 0.25) is 0 Å². The zero-order valence-corrected chi connectivity index (χ0v) is 29.2. The molecule has 2 atom stereocenters. The number of nitrogens with one attached hydrogen (secondary N) is 2. The van der Waals surface area contributed by atoms with Gasteiger partial charge in [-0.25, -0.2) is 9.97 Å². The molecule has 45 heavy (non-hydrogen) atoms. The molecule has 13 heteroatoms. The maximum atomic E-state index is 12.4. The van der Waals surface area contributed by atoms with E-state index in [1.54, 1.807) is 36.6 Å². The molecule has 2 aromatic carbocycles. The number of ketones is 1. The molecule has 2 unspecified atom stereocenters. The van der Waals surface area contributed by atoms with Crippen molar-refractivity contribution in [1.82, 2.24) is 9.97 Å². The van der Waals surface area contributed by atoms with Gasteiger partial charge in [-0.1, -0.05) is 57.0 Å². The van der Waals surface area contributed by atoms with Gasteiger partial charge in [0.25, 0.3) is 5.91 Å². The monoisotopic (exact) mass is 690 g/mol. The van der Waals surface area contributed by atoms with Crippen molar-refractivity contribution < 1.29 is 24.2 Å². The second-order valence-electron chi connectivity index (χ2n) is 11.0. The van der Waals surface area contributed by atoms with Crippen LogP contribution in [0.2, 0.25) is 10.0 Å². The van der Waals surface area contributed by atoms with Crippen LogP contribution in [0, 0.1) is 0 Å². The Morgan fingerprint density at radius 1 is 0.956 bits per heavy atom. The number of Topliss-reactive ketones (excluding diaryl/α,β-unsaturated/α-hetero) is 1. The van der Waals surface area contributed by atoms with Crippen LogP contribution >= 0.6 is 45.9 Å². The number of ether oxygens (including phenoxy) is 2. The van der Waals surface area contributed by atoms with Gasteiger partial charge < -0.3 is 25.2 Å². The number of hydrogen-bond donors (Lipinski definition) is 3. The fourth-order valence-electron chi connectivity index (χ4n) is 4.58. The van der Waals surface area contributed by atoms with Gasteiger partial charge >= 0.3 is 0 Å². The summed E-state index contributed by atoms with van der Waals surface area (Å²) in [6.07, 6.45) is 0.0248. The summed E-state index contributed by atoms with van der Waals surface area (Å²) >= 11 is 15.5. The first kappa shape index (κ1) is 34.6. The van der Waals surface area contributed by atoms with Crippen molar-refractivity contribution in [2.45, 2.75) is 65.0 Å². The maximum absolute atomic E-state index is 12.4. The summed E-state index contributed by atoms with van der Waals surface area (Å²) in [5.74, 6) is 1.01. The summed E-state index contributed by atoms with van der Waals surface area (Å²) < 4.78 is 10.4. The van der Waals surface area contributed by atoms with E-state index in [9.17, 15) is 14.7 Å². The molecule has 0 fully saturated rings. The molecule has 0 aliphatic carbocycles. The highest BCUT2D eigenvalue weighted by Gasteiger charge is 2.30. The number of benzene rings is 2. The Labute approximate surface area is 280 Å². The summed E-state index contributed by atoms with van der Waals surface area (Å²) in [6.45, 7) is 9.67. The second-order valence-corrected chi connectivity index (χ2v) is 13.5. The molecule has 5 rings (SSSR count). The Kier molecular flexibility index (Phi) is 11.5. The molecule has 1 amide bonds. The lowest BCUT2D eigenvalue weighted by atomic mass is 9.95. The number of rotatable bonds is 8. The molecular formula is C32H36Cl2N4O5S2. The van der Waals surface area contributed by atoms with Crippen molar-refractivity contribution in [1.29, 1.82) is 0 Å². The third-order valence-corrected chi connectivity index (χ3v) is 9.76. The number of carbonyl (C=O) groups excluding carboxylic acids is 2. The van der Waals surface area contributed by atoms with E-state index in [0.29, 0.717) is 39.4 Å². The number of carbonyl (C=O) groups is 2. The second kappa shape index (κ2) is 14.9. The Hall–Kier alpha value is -3.22. The topological polar surface area (TPSA) is 123 Å². The number of fused-ring (bicyclic) bond motifs is 1. The molecule has 240 valence electrons. The van der Waals surface area contributed by atoms with Gasteiger partial charge in [0, 0.05) is 28.3 Å². The van der Waals surface area contributed by atoms with Gasteiger partial charge in [-0.2, -0.15) is 0 Å². The molecule has 1 aliphatic heterocycles. The van der Waals surface area contributed by atoms with Gasteiger partial charge in [-0.15, -0.1) is 22.7 Å². The van der Waals surface area contributed by atoms with Crippen molar-refractivity contribution in [3.8, 4) is 11.5 Å². The van der Waals surface area contributed by atoms with E-state index in [1.807, 2.05) is 25.3 Å². The lowest BCUT2D eigenvalue weighted by Crippen LogP contribution is -2.22. The first-order valence-corrected chi connectivity index (χ1v) is 16.8. The van der Waals surface area contributed by atoms with E-state index in [2.05, 4.69) is 39.8 Å². The van der Waals surface area contributed by atoms with E-state index in [4.69, 9.17) is 32.7 Å². The molecular weight excluding hydrogens is 655 g/mol. The first-order valence-electron chi connectivity index (χ1n) is 14.3. The fraction of sp³-hybridized carbons (Fsp3) is 0.375. The number of halogens is 2. The minimum absolute atomic E-state index is 0.0374. The minimum Gasteiger partial charge on any atom is -0.495 e. The summed E-state index contributed by atoms with van der Waals surface area (Å²) in [5, 5.41) is 22.4. The minimum atomic E-state index is -0.559. The molecule has 0 saturated carbocycles. The predicted octanol–water partition coefficient (Wildman–Crippen LogP) is 8.90. The summed E-state index contributed by atoms with van der Waals surface area (Å²) in [7, 11) is 3.05. The molecule has 1 aliphatic rings. The lowest BCUT2D eigenvalue weighted by molar-refractivity contribution is 0.101. The van der Waals surface area contributed by atoms with Crippen molar-refractivity contribution in [2.75, 3.05) is 24.9 Å². The zero-order valence-electron chi connectivity index (χ0n) is 26.0. The average molecular weight is 692 g/mol. The number of nitrogens with zero attached hydrogens (tertiary/aromatic N) is 2. The van der Waals surface area contributed by atoms with Crippen LogP contribution in [0.4, 0.5) is 11.4 Å². The van der Waals surface area contributed by atoms with Crippen molar-refractivity contribution in [3.63, 3.8) is 0 Å². The van der Waals surface area contributed by atoms with E-state index in [-0.39, 0.29) is 28.5 Å². The Morgan fingerprint density at radius 3 is 2.13 bits per heavy atom. The quantitative estimate of drug-likeness (QED) is 0.157. The van der Waals surface area contributed by atoms with E-state index in [1.165, 1.54) is 25.4 Å². The molecule has 3 heterocycles. The predicted molar refractivity (Wildman–Crippen MR) is 182 cm³/mol. The SMILES string of the molecule is COc1ccc(C(C)=O)c(NC(=O)c2nc(C(C)C)cs2)c1Cl.COc1ccc2c(c1Cl)NC(c1nc(C(C)C)cs1)CC2O. The van der Waals surface area contributed by atoms with E-state index < -0.39 is 12.0 Å². The number of hydrogen-bond acceptors (Lipinski definition) is 10. The van der Waals surface area contributed by atoms with Crippen molar-refractivity contribution in [3.05, 3.63) is 77.6 Å². The van der Waals surface area contributed by atoms with Crippen molar-refractivity contribution >= 4 is 68.9 Å². The number of aliphatic hydroxyl groups excluding tert-OH is 1. The third kappa shape index (κ3) is 7.78. The zero-order chi connectivity index (χ0) is 33.0. The van der Waals surface area contributed by atoms with Crippen LogP contribution in [0.15, 0.2) is 35.0 Å². The van der Waals surface area contributed by atoms with Crippen LogP contribution in [0.3, 0.4) is 0 Å². The molecule has 4 aromatic rings. The van der Waals surface area contributed by atoms with Crippen LogP contribution in [0.25, 0.3) is 0 Å². The van der Waals surface area contributed by atoms with Crippen LogP contribution in [-0.2, 0) is 0 Å². The summed E-state index contributed by atoms with van der Waals surface area (Å²) in [4.78, 5) is 33.2. The fourth-order valence-corrected chi connectivity index (χ4v) is 7.09. The molecule has 0 radical (unpaired) electrons. The number of aliphatic hydroxyl groups is 1. The van der Waals surface area contributed by atoms with Gasteiger partial charge in [-0.05, 0) is 37.0 Å². The van der Waals surface area contributed by atoms with Gasteiger partial charge in [0.1, 0.15) is 26.6 Å². The average Bonchev–Trinajstić information content (AvgIpc) is 3.70. The molecule has 0 bridgehead atoms. The van der Waals surface area contributed by atoms with Crippen molar-refractivity contribution in [2.24, 2.45) is 0 Å². The Balaban J connectivity index is 0.000000205. The van der Waals surface area contributed by atoms with Crippen LogP contribution in [0.5, 0.6) is 11.5 Å². The van der Waals surface area contributed by atoms with Gasteiger partial charge in [-0.3, -0.25) is 9.59 Å². The molecule has 0 saturated heterocycles. The summed E-state index contributed by atoms with van der Waals surface area (Å²) in [5.41, 5.74) is 4.05. The number of methoxy groups -OCH3 is 2. The maximum Gasteiger partial charge on any atom is 0.284 e. The largest absolute Gasteiger partial charge is 0.495 e. The number of anilines is 2. The first-order chi connectivity index (χ1) is 21.4. The van der Waals surface area contributed by atoms with Gasteiger partial charge in [0.15, 0.2) is 10.8 Å². The number of thiazole rings is 2. The standard InChI is InChI=1S/C16H17ClN2O3S.C16H19ClN2O2S/c1-8(2)11-7-23-16(18-11)15(21)19-14-10(9(3)20)5-6-12(22-4)13(14)17;1-8(2)11-7-22-16(19-11)10-6-12(20)9-4-5-13(21-3)14(17)15(9)18-10/h5-8H,1-4H3,(H,19,21);4-5,7-8,10,12,18,20H,6H2,1-3H3. The van der Waals surface area contributed by atoms with Crippen LogP contribution < -0.4 is 20.1 Å². The van der Waals surface area contributed by atoms with Gasteiger partial charge in [0.05, 0.1) is 49.1 Å². The van der Waals surface area contributed by atoms with E-state index >= 15 is 0 Å². The molecule has 9 nitrogen and oxygen atoms in total.